The molecule has 7 nitrogen and oxygen atoms in total. The number of amides is 2. The molecule has 2 amide bonds. The van der Waals surface area contributed by atoms with Crippen LogP contribution in [0.1, 0.15) is 16.1 Å². The fraction of sp³-hybridized carbons (Fsp3) is 0.190. The minimum atomic E-state index is -1.16. The molecule has 0 aliphatic heterocycles. The first-order valence-corrected chi connectivity index (χ1v) is 9.32. The third-order valence-corrected chi connectivity index (χ3v) is 4.79. The Hall–Kier alpha value is -3.32. The fourth-order valence-corrected chi connectivity index (χ4v) is 3.30. The van der Waals surface area contributed by atoms with Crippen LogP contribution in [0.25, 0.3) is 10.9 Å². The number of carboxylic acid groups (broad SMARTS) is 1. The predicted molar refractivity (Wildman–Crippen MR) is 110 cm³/mol. The number of hydrogen-bond acceptors (Lipinski definition) is 3. The van der Waals surface area contributed by atoms with Gasteiger partial charge in [-0.05, 0) is 29.8 Å². The minimum absolute atomic E-state index is 0.230. The van der Waals surface area contributed by atoms with Gasteiger partial charge in [0.15, 0.2) is 0 Å². The van der Waals surface area contributed by atoms with Gasteiger partial charge in [0.25, 0.3) is 5.91 Å². The van der Waals surface area contributed by atoms with Gasteiger partial charge in [0.1, 0.15) is 18.3 Å². The van der Waals surface area contributed by atoms with Crippen molar-refractivity contribution < 1.29 is 19.5 Å². The first-order valence-electron chi connectivity index (χ1n) is 8.94. The molecule has 1 heterocycles. The molecule has 3 rings (SSSR count). The lowest BCUT2D eigenvalue weighted by Crippen LogP contribution is -2.49. The Morgan fingerprint density at radius 2 is 1.83 bits per heavy atom. The Morgan fingerprint density at radius 3 is 2.52 bits per heavy atom. The second-order valence-electron chi connectivity index (χ2n) is 6.62. The van der Waals surface area contributed by atoms with E-state index in [9.17, 15) is 14.4 Å². The number of carbonyl (C=O) groups excluding carboxylic acids is 2. The highest BCUT2D eigenvalue weighted by Crippen LogP contribution is 2.22. The summed E-state index contributed by atoms with van der Waals surface area (Å²) < 4.78 is 1.72. The van der Waals surface area contributed by atoms with Crippen molar-refractivity contribution in [1.82, 2.24) is 15.2 Å². The molecule has 0 aliphatic rings. The highest BCUT2D eigenvalue weighted by Gasteiger charge is 2.24. The van der Waals surface area contributed by atoms with Crippen molar-refractivity contribution in [3.8, 4) is 0 Å². The molecule has 0 radical (unpaired) electrons. The molecule has 0 unspecified atom stereocenters. The highest BCUT2D eigenvalue weighted by atomic mass is 35.5. The van der Waals surface area contributed by atoms with E-state index in [2.05, 4.69) is 10.6 Å². The van der Waals surface area contributed by atoms with Crippen LogP contribution in [-0.2, 0) is 23.1 Å². The van der Waals surface area contributed by atoms with Crippen molar-refractivity contribution in [3.63, 3.8) is 0 Å². The summed E-state index contributed by atoms with van der Waals surface area (Å²) in [7, 11) is 1.75. The average molecular weight is 414 g/mol. The lowest BCUT2D eigenvalue weighted by atomic mass is 10.0. The number of halogens is 1. The van der Waals surface area contributed by atoms with Gasteiger partial charge in [-0.1, -0.05) is 41.9 Å². The zero-order valence-corrected chi connectivity index (χ0v) is 16.4. The van der Waals surface area contributed by atoms with E-state index in [1.807, 2.05) is 36.4 Å². The predicted octanol–water partition coefficient (Wildman–Crippen LogP) is 2.37. The molecule has 0 spiro atoms. The summed E-state index contributed by atoms with van der Waals surface area (Å²) in [6.07, 6.45) is 0.230. The van der Waals surface area contributed by atoms with Gasteiger partial charge in [-0.25, -0.2) is 0 Å². The van der Waals surface area contributed by atoms with Crippen LogP contribution >= 0.6 is 11.6 Å². The van der Waals surface area contributed by atoms with Crippen LogP contribution in [0, 0.1) is 0 Å². The van der Waals surface area contributed by atoms with Crippen molar-refractivity contribution in [1.29, 1.82) is 0 Å². The van der Waals surface area contributed by atoms with Crippen LogP contribution in [0.2, 0.25) is 5.02 Å². The monoisotopic (exact) mass is 413 g/mol. The lowest BCUT2D eigenvalue weighted by molar-refractivity contribution is -0.138. The number of carbonyl (C=O) groups is 3. The molecule has 0 aliphatic carbocycles. The summed E-state index contributed by atoms with van der Waals surface area (Å²) in [5.41, 5.74) is 2.04. The van der Waals surface area contributed by atoms with Crippen LogP contribution in [0.15, 0.2) is 54.6 Å². The second-order valence-corrected chi connectivity index (χ2v) is 7.06. The molecule has 2 aromatic carbocycles. The number of rotatable bonds is 7. The third kappa shape index (κ3) is 4.94. The average Bonchev–Trinajstić information content (AvgIpc) is 3.02. The topological polar surface area (TPSA) is 100 Å². The van der Waals surface area contributed by atoms with Gasteiger partial charge in [-0.2, -0.15) is 0 Å². The Balaban J connectivity index is 1.84. The summed E-state index contributed by atoms with van der Waals surface area (Å²) >= 11 is 6.03. The van der Waals surface area contributed by atoms with Gasteiger partial charge < -0.3 is 20.3 Å². The first kappa shape index (κ1) is 20.4. The number of nitrogens with one attached hydrogen (secondary N) is 2. The molecule has 3 N–H and O–H groups in total. The van der Waals surface area contributed by atoms with E-state index in [-0.39, 0.29) is 6.42 Å². The summed E-state index contributed by atoms with van der Waals surface area (Å²) in [5, 5.41) is 15.2. The van der Waals surface area contributed by atoms with E-state index in [1.165, 1.54) is 0 Å². The Labute approximate surface area is 172 Å². The van der Waals surface area contributed by atoms with Gasteiger partial charge in [-0.15, -0.1) is 0 Å². The van der Waals surface area contributed by atoms with E-state index < -0.39 is 30.4 Å². The molecular weight excluding hydrogens is 394 g/mol. The largest absolute Gasteiger partial charge is 0.480 e. The molecular formula is C21H20ClN3O4. The molecule has 8 heteroatoms. The molecule has 0 fully saturated rings. The summed E-state index contributed by atoms with van der Waals surface area (Å²) in [4.78, 5) is 36.2. The number of hydrogen-bond donors (Lipinski definition) is 3. The fourth-order valence-electron chi connectivity index (χ4n) is 3.12. The summed E-state index contributed by atoms with van der Waals surface area (Å²) in [6.45, 7) is -0.521. The van der Waals surface area contributed by atoms with E-state index in [4.69, 9.17) is 16.7 Å². The molecule has 1 aromatic heterocycles. The van der Waals surface area contributed by atoms with Crippen molar-refractivity contribution in [2.75, 3.05) is 6.54 Å². The van der Waals surface area contributed by atoms with Gasteiger partial charge in [0.05, 0.1) is 0 Å². The number of benzene rings is 2. The first-order chi connectivity index (χ1) is 13.8. The van der Waals surface area contributed by atoms with Crippen molar-refractivity contribution >= 4 is 40.3 Å². The number of carboxylic acids is 1. The molecule has 0 bridgehead atoms. The van der Waals surface area contributed by atoms with Crippen LogP contribution in [0.5, 0.6) is 0 Å². The lowest BCUT2D eigenvalue weighted by Gasteiger charge is -2.18. The number of aromatic nitrogens is 1. The van der Waals surface area contributed by atoms with Gasteiger partial charge in [-0.3, -0.25) is 14.4 Å². The minimum Gasteiger partial charge on any atom is -0.480 e. The van der Waals surface area contributed by atoms with Crippen LogP contribution in [0.4, 0.5) is 0 Å². The summed E-state index contributed by atoms with van der Waals surface area (Å²) in [6, 6.07) is 15.3. The second kappa shape index (κ2) is 8.79. The molecule has 150 valence electrons. The van der Waals surface area contributed by atoms with Crippen molar-refractivity contribution in [2.24, 2.45) is 7.05 Å². The molecule has 3 aromatic rings. The van der Waals surface area contributed by atoms with Crippen molar-refractivity contribution in [3.05, 3.63) is 70.9 Å². The highest BCUT2D eigenvalue weighted by molar-refractivity contribution is 6.31. The quantitative estimate of drug-likeness (QED) is 0.553. The smallest absolute Gasteiger partial charge is 0.322 e. The van der Waals surface area contributed by atoms with Gasteiger partial charge in [0, 0.05) is 29.4 Å². The Kier molecular flexibility index (Phi) is 6.19. The Bertz CT molecular complexity index is 1060. The number of fused-ring (bicyclic) bond motifs is 1. The maximum absolute atomic E-state index is 12.9. The van der Waals surface area contributed by atoms with Crippen LogP contribution in [0.3, 0.4) is 0 Å². The molecule has 1 atom stereocenters. The van der Waals surface area contributed by atoms with Crippen LogP contribution in [-0.4, -0.2) is 40.0 Å². The van der Waals surface area contributed by atoms with E-state index >= 15 is 0 Å². The SMILES string of the molecule is Cn1c(C(=O)N[C@@H](Cc2ccccc2)C(=O)NCC(=O)O)cc2cc(Cl)ccc21. The molecule has 0 saturated heterocycles. The Morgan fingerprint density at radius 1 is 1.10 bits per heavy atom. The third-order valence-electron chi connectivity index (χ3n) is 4.56. The van der Waals surface area contributed by atoms with Gasteiger partial charge >= 0.3 is 5.97 Å². The normalized spacial score (nSPS) is 11.8. The number of nitrogens with zero attached hydrogens (tertiary/aromatic N) is 1. The van der Waals surface area contributed by atoms with E-state index in [0.717, 1.165) is 16.5 Å². The number of aliphatic carboxylic acids is 1. The molecule has 29 heavy (non-hydrogen) atoms. The van der Waals surface area contributed by atoms with Gasteiger partial charge in [0.2, 0.25) is 5.91 Å². The maximum atomic E-state index is 12.9. The van der Waals surface area contributed by atoms with Crippen LogP contribution < -0.4 is 10.6 Å². The van der Waals surface area contributed by atoms with Crippen molar-refractivity contribution in [2.45, 2.75) is 12.5 Å². The zero-order valence-electron chi connectivity index (χ0n) is 15.7. The van der Waals surface area contributed by atoms with E-state index in [1.54, 1.807) is 29.8 Å². The zero-order chi connectivity index (χ0) is 21.0. The summed E-state index contributed by atoms with van der Waals surface area (Å²) in [5.74, 6) is -2.16. The maximum Gasteiger partial charge on any atom is 0.322 e. The molecule has 0 saturated carbocycles. The van der Waals surface area contributed by atoms with E-state index in [0.29, 0.717) is 10.7 Å². The number of aryl methyl sites for hydroxylation is 1. The standard InChI is InChI=1S/C21H20ClN3O4/c1-25-17-8-7-15(22)10-14(17)11-18(25)21(29)24-16(20(28)23-12-19(26)27)9-13-5-3-2-4-6-13/h2-8,10-11,16H,9,12H2,1H3,(H,23,28)(H,24,29)(H,26,27)/t16-/m0/s1.